The van der Waals surface area contributed by atoms with Crippen molar-refractivity contribution in [3.8, 4) is 0 Å². The first kappa shape index (κ1) is 13.9. The predicted molar refractivity (Wildman–Crippen MR) is 74.7 cm³/mol. The van der Waals surface area contributed by atoms with Crippen LogP contribution in [0, 0.1) is 5.92 Å². The average Bonchev–Trinajstić information content (AvgIpc) is 3.08. The molecule has 0 unspecified atom stereocenters. The smallest absolute Gasteiger partial charge is 0.319 e. The van der Waals surface area contributed by atoms with Gasteiger partial charge in [-0.2, -0.15) is 0 Å². The van der Waals surface area contributed by atoms with Gasteiger partial charge >= 0.3 is 6.03 Å². The molecule has 0 radical (unpaired) electrons. The van der Waals surface area contributed by atoms with Crippen molar-refractivity contribution in [1.82, 2.24) is 5.32 Å². The van der Waals surface area contributed by atoms with Crippen LogP contribution in [0.25, 0.3) is 0 Å². The largest absolute Gasteiger partial charge is 0.338 e. The molecule has 1 aliphatic rings. The van der Waals surface area contributed by atoms with Crippen molar-refractivity contribution in [1.29, 1.82) is 0 Å². The molecule has 2 N–H and O–H groups in total. The van der Waals surface area contributed by atoms with Crippen LogP contribution in [0.5, 0.6) is 0 Å². The summed E-state index contributed by atoms with van der Waals surface area (Å²) in [6.07, 6.45) is 3.56. The number of amides is 2. The molecule has 0 aliphatic heterocycles. The third kappa shape index (κ3) is 5.30. The van der Waals surface area contributed by atoms with E-state index in [0.717, 1.165) is 0 Å². The van der Waals surface area contributed by atoms with Gasteiger partial charge in [0.2, 0.25) is 0 Å². The van der Waals surface area contributed by atoms with Crippen LogP contribution in [-0.4, -0.2) is 27.2 Å². The first-order valence-corrected chi connectivity index (χ1v) is 8.30. The van der Waals surface area contributed by atoms with Crippen molar-refractivity contribution in [2.45, 2.75) is 18.6 Å². The average molecular weight is 282 g/mol. The minimum atomic E-state index is -3.06. The number of urea groups is 1. The highest BCUT2D eigenvalue weighted by molar-refractivity contribution is 7.89. The second-order valence-corrected chi connectivity index (χ2v) is 7.19. The minimum Gasteiger partial charge on any atom is -0.338 e. The Hall–Kier alpha value is -1.56. The second kappa shape index (κ2) is 5.61. The van der Waals surface area contributed by atoms with Crippen molar-refractivity contribution in [2.75, 3.05) is 18.1 Å². The fraction of sp³-hybridized carbons (Fsp3) is 0.462. The Balaban J connectivity index is 1.92. The van der Waals surface area contributed by atoms with E-state index in [1.54, 1.807) is 24.3 Å². The molecule has 6 heteroatoms. The molecule has 1 saturated carbocycles. The van der Waals surface area contributed by atoms with Gasteiger partial charge in [0.15, 0.2) is 9.84 Å². The van der Waals surface area contributed by atoms with Crippen LogP contribution in [-0.2, 0) is 15.6 Å². The number of carbonyl (C=O) groups is 1. The molecule has 0 heterocycles. The summed E-state index contributed by atoms with van der Waals surface area (Å²) in [6.45, 7) is 0.703. The van der Waals surface area contributed by atoms with Crippen LogP contribution in [0.15, 0.2) is 24.3 Å². The van der Waals surface area contributed by atoms with Crippen molar-refractivity contribution in [3.05, 3.63) is 29.8 Å². The Morgan fingerprint density at radius 3 is 2.74 bits per heavy atom. The molecule has 0 spiro atoms. The summed E-state index contributed by atoms with van der Waals surface area (Å²) in [7, 11) is -3.06. The summed E-state index contributed by atoms with van der Waals surface area (Å²) >= 11 is 0. The van der Waals surface area contributed by atoms with E-state index < -0.39 is 9.84 Å². The quantitative estimate of drug-likeness (QED) is 0.864. The maximum Gasteiger partial charge on any atom is 0.319 e. The lowest BCUT2D eigenvalue weighted by Gasteiger charge is -2.08. The lowest BCUT2D eigenvalue weighted by atomic mass is 10.2. The Kier molecular flexibility index (Phi) is 4.09. The molecule has 1 aliphatic carbocycles. The number of hydrogen-bond donors (Lipinski definition) is 2. The zero-order chi connectivity index (χ0) is 13.9. The van der Waals surface area contributed by atoms with Crippen molar-refractivity contribution < 1.29 is 13.2 Å². The number of nitrogens with one attached hydrogen (secondary N) is 2. The van der Waals surface area contributed by atoms with Crippen LogP contribution in [0.2, 0.25) is 0 Å². The van der Waals surface area contributed by atoms with E-state index in [2.05, 4.69) is 10.6 Å². The van der Waals surface area contributed by atoms with Gasteiger partial charge in [-0.3, -0.25) is 0 Å². The Labute approximate surface area is 113 Å². The number of rotatable bonds is 5. The Morgan fingerprint density at radius 1 is 1.37 bits per heavy atom. The zero-order valence-corrected chi connectivity index (χ0v) is 11.7. The first-order valence-electron chi connectivity index (χ1n) is 6.24. The molecule has 104 valence electrons. The highest BCUT2D eigenvalue weighted by Crippen LogP contribution is 2.27. The van der Waals surface area contributed by atoms with Gasteiger partial charge < -0.3 is 10.6 Å². The van der Waals surface area contributed by atoms with E-state index in [1.807, 2.05) is 0 Å². The topological polar surface area (TPSA) is 75.3 Å². The molecule has 1 aromatic carbocycles. The van der Waals surface area contributed by atoms with Crippen molar-refractivity contribution >= 4 is 21.6 Å². The van der Waals surface area contributed by atoms with Crippen LogP contribution in [0.4, 0.5) is 10.5 Å². The predicted octanol–water partition coefficient (Wildman–Crippen LogP) is 1.76. The monoisotopic (exact) mass is 282 g/mol. The van der Waals surface area contributed by atoms with Gasteiger partial charge in [0.05, 0.1) is 5.75 Å². The van der Waals surface area contributed by atoms with Gasteiger partial charge in [-0.15, -0.1) is 0 Å². The van der Waals surface area contributed by atoms with E-state index >= 15 is 0 Å². The lowest BCUT2D eigenvalue weighted by Crippen LogP contribution is -2.30. The summed E-state index contributed by atoms with van der Waals surface area (Å²) in [4.78, 5) is 11.6. The van der Waals surface area contributed by atoms with Gasteiger partial charge in [0.25, 0.3) is 0 Å². The van der Waals surface area contributed by atoms with E-state index in [9.17, 15) is 13.2 Å². The van der Waals surface area contributed by atoms with Crippen molar-refractivity contribution in [2.24, 2.45) is 5.92 Å². The van der Waals surface area contributed by atoms with Gasteiger partial charge in [0.1, 0.15) is 0 Å². The normalized spacial score (nSPS) is 15.0. The molecule has 0 saturated heterocycles. The van der Waals surface area contributed by atoms with Crippen LogP contribution in [0.3, 0.4) is 0 Å². The summed E-state index contributed by atoms with van der Waals surface area (Å²) in [5.74, 6) is 0.606. The molecule has 19 heavy (non-hydrogen) atoms. The molecule has 0 aromatic heterocycles. The number of sulfone groups is 1. The minimum absolute atomic E-state index is 0.0216. The fourth-order valence-electron chi connectivity index (χ4n) is 1.78. The Morgan fingerprint density at radius 2 is 2.11 bits per heavy atom. The number of benzene rings is 1. The molecular formula is C13H18N2O3S. The summed E-state index contributed by atoms with van der Waals surface area (Å²) in [6, 6.07) is 6.63. The van der Waals surface area contributed by atoms with E-state index in [1.165, 1.54) is 19.1 Å². The maximum absolute atomic E-state index is 11.6. The van der Waals surface area contributed by atoms with Gasteiger partial charge in [0, 0.05) is 18.5 Å². The zero-order valence-electron chi connectivity index (χ0n) is 10.8. The van der Waals surface area contributed by atoms with Crippen LogP contribution < -0.4 is 10.6 Å². The molecule has 5 nitrogen and oxygen atoms in total. The van der Waals surface area contributed by atoms with Gasteiger partial charge in [-0.05, 0) is 36.5 Å². The van der Waals surface area contributed by atoms with E-state index in [0.29, 0.717) is 23.7 Å². The van der Waals surface area contributed by atoms with E-state index in [-0.39, 0.29) is 11.8 Å². The summed E-state index contributed by atoms with van der Waals surface area (Å²) in [5.41, 5.74) is 1.27. The number of hydrogen-bond acceptors (Lipinski definition) is 3. The third-order valence-electron chi connectivity index (χ3n) is 2.86. The standard InChI is InChI=1S/C13H18N2O3S/c1-19(17,18)9-11-3-2-4-12(7-11)15-13(16)14-8-10-5-6-10/h2-4,7,10H,5-6,8-9H2,1H3,(H2,14,15,16). The molecular weight excluding hydrogens is 264 g/mol. The van der Waals surface area contributed by atoms with Gasteiger partial charge in [-0.1, -0.05) is 12.1 Å². The second-order valence-electron chi connectivity index (χ2n) is 5.05. The molecule has 2 amide bonds. The van der Waals surface area contributed by atoms with Gasteiger partial charge in [-0.25, -0.2) is 13.2 Å². The molecule has 2 rings (SSSR count). The van der Waals surface area contributed by atoms with Crippen LogP contribution >= 0.6 is 0 Å². The van der Waals surface area contributed by atoms with Crippen molar-refractivity contribution in [3.63, 3.8) is 0 Å². The molecule has 1 fully saturated rings. The fourth-order valence-corrected chi connectivity index (χ4v) is 2.56. The Bertz CT molecular complexity index is 565. The molecule has 0 atom stereocenters. The highest BCUT2D eigenvalue weighted by atomic mass is 32.2. The molecule has 0 bridgehead atoms. The third-order valence-corrected chi connectivity index (χ3v) is 3.72. The summed E-state index contributed by atoms with van der Waals surface area (Å²) < 4.78 is 22.4. The highest BCUT2D eigenvalue weighted by Gasteiger charge is 2.21. The maximum atomic E-state index is 11.6. The number of anilines is 1. The SMILES string of the molecule is CS(=O)(=O)Cc1cccc(NC(=O)NCC2CC2)c1. The van der Waals surface area contributed by atoms with E-state index in [4.69, 9.17) is 0 Å². The lowest BCUT2D eigenvalue weighted by molar-refractivity contribution is 0.251. The van der Waals surface area contributed by atoms with Crippen LogP contribution in [0.1, 0.15) is 18.4 Å². The summed E-state index contributed by atoms with van der Waals surface area (Å²) in [5, 5.41) is 5.50. The first-order chi connectivity index (χ1) is 8.92. The molecule has 1 aromatic rings. The number of carbonyl (C=O) groups excluding carboxylic acids is 1.